The lowest BCUT2D eigenvalue weighted by Crippen LogP contribution is -2.21. The molecule has 0 bridgehead atoms. The minimum Gasteiger partial charge on any atom is -0.462 e. The van der Waals surface area contributed by atoms with Crippen LogP contribution in [0.2, 0.25) is 0 Å². The highest BCUT2D eigenvalue weighted by Gasteiger charge is 2.17. The highest BCUT2D eigenvalue weighted by molar-refractivity contribution is 7.19. The quantitative estimate of drug-likeness (QED) is 0.358. The molecule has 6 heteroatoms. The summed E-state index contributed by atoms with van der Waals surface area (Å²) in [7, 11) is 0. The van der Waals surface area contributed by atoms with Crippen molar-refractivity contribution in [3.05, 3.63) is 86.3 Å². The van der Waals surface area contributed by atoms with Gasteiger partial charge in [0, 0.05) is 10.4 Å². The molecule has 2 aromatic heterocycles. The van der Waals surface area contributed by atoms with E-state index in [1.807, 2.05) is 26.0 Å². The third-order valence-corrected chi connectivity index (χ3v) is 6.64. The van der Waals surface area contributed by atoms with Crippen LogP contribution in [0.1, 0.15) is 45.3 Å². The number of hydrogen-bond donors (Lipinski definition) is 0. The number of aryl methyl sites for hydroxylation is 3. The number of ether oxygens (including phenoxy) is 1. The van der Waals surface area contributed by atoms with E-state index in [-0.39, 0.29) is 11.5 Å². The molecule has 0 spiro atoms. The second-order valence-electron chi connectivity index (χ2n) is 8.02. The van der Waals surface area contributed by atoms with Crippen molar-refractivity contribution >= 4 is 27.5 Å². The van der Waals surface area contributed by atoms with Crippen molar-refractivity contribution in [2.24, 2.45) is 0 Å². The summed E-state index contributed by atoms with van der Waals surface area (Å²) in [5.41, 5.74) is 5.80. The SMILES string of the molecule is CCCOC(=O)c1ccc(Cn2cnc3sc(C)c(-c4ccc(C)c(C)c4)c3c2=O)cc1. The van der Waals surface area contributed by atoms with E-state index in [1.54, 1.807) is 34.4 Å². The minimum absolute atomic E-state index is 0.0565. The molecule has 32 heavy (non-hydrogen) atoms. The molecule has 0 saturated heterocycles. The van der Waals surface area contributed by atoms with E-state index in [0.29, 0.717) is 24.1 Å². The zero-order valence-corrected chi connectivity index (χ0v) is 19.6. The molecule has 0 unspecified atom stereocenters. The Balaban J connectivity index is 1.69. The number of carbonyl (C=O) groups is 1. The van der Waals surface area contributed by atoms with Crippen molar-refractivity contribution in [1.29, 1.82) is 0 Å². The Bertz CT molecular complexity index is 1350. The molecule has 0 radical (unpaired) electrons. The van der Waals surface area contributed by atoms with E-state index in [2.05, 4.69) is 37.0 Å². The van der Waals surface area contributed by atoms with Crippen molar-refractivity contribution in [3.63, 3.8) is 0 Å². The van der Waals surface area contributed by atoms with Crippen LogP contribution in [0.25, 0.3) is 21.3 Å². The number of esters is 1. The lowest BCUT2D eigenvalue weighted by molar-refractivity contribution is 0.0505. The summed E-state index contributed by atoms with van der Waals surface area (Å²) in [5.74, 6) is -0.328. The monoisotopic (exact) mass is 446 g/mol. The zero-order valence-electron chi connectivity index (χ0n) is 18.8. The highest BCUT2D eigenvalue weighted by Crippen LogP contribution is 2.36. The molecule has 0 aliphatic heterocycles. The second kappa shape index (κ2) is 9.09. The van der Waals surface area contributed by atoms with Crippen LogP contribution in [0.4, 0.5) is 0 Å². The Morgan fingerprint density at radius 3 is 2.50 bits per heavy atom. The molecule has 0 atom stereocenters. The molecule has 0 N–H and O–H groups in total. The van der Waals surface area contributed by atoms with Gasteiger partial charge in [-0.05, 0) is 61.6 Å². The molecule has 0 fully saturated rings. The second-order valence-corrected chi connectivity index (χ2v) is 9.23. The average molecular weight is 447 g/mol. The fraction of sp³-hybridized carbons (Fsp3) is 0.269. The first-order chi connectivity index (χ1) is 15.4. The summed E-state index contributed by atoms with van der Waals surface area (Å²) in [6.45, 7) is 8.95. The van der Waals surface area contributed by atoms with Gasteiger partial charge in [-0.25, -0.2) is 9.78 Å². The number of nitrogens with zero attached hydrogens (tertiary/aromatic N) is 2. The molecule has 4 aromatic rings. The number of carbonyl (C=O) groups excluding carboxylic acids is 1. The maximum absolute atomic E-state index is 13.4. The fourth-order valence-corrected chi connectivity index (χ4v) is 4.72. The van der Waals surface area contributed by atoms with Gasteiger partial charge in [-0.3, -0.25) is 9.36 Å². The van der Waals surface area contributed by atoms with E-state index < -0.39 is 0 Å². The third kappa shape index (κ3) is 4.23. The number of hydrogen-bond acceptors (Lipinski definition) is 5. The molecule has 2 heterocycles. The number of aromatic nitrogens is 2. The number of thiophene rings is 1. The van der Waals surface area contributed by atoms with Gasteiger partial charge in [0.2, 0.25) is 0 Å². The number of fused-ring (bicyclic) bond motifs is 1. The van der Waals surface area contributed by atoms with Gasteiger partial charge in [0.15, 0.2) is 0 Å². The molecular formula is C26H26N2O3S. The summed E-state index contributed by atoms with van der Waals surface area (Å²) in [6, 6.07) is 13.5. The molecule has 164 valence electrons. The maximum atomic E-state index is 13.4. The van der Waals surface area contributed by atoms with Crippen molar-refractivity contribution < 1.29 is 9.53 Å². The molecule has 0 aliphatic rings. The smallest absolute Gasteiger partial charge is 0.338 e. The van der Waals surface area contributed by atoms with Crippen LogP contribution in [0, 0.1) is 20.8 Å². The fourth-order valence-electron chi connectivity index (χ4n) is 3.72. The topological polar surface area (TPSA) is 61.2 Å². The third-order valence-electron chi connectivity index (χ3n) is 5.63. The van der Waals surface area contributed by atoms with Crippen molar-refractivity contribution in [2.75, 3.05) is 6.61 Å². The van der Waals surface area contributed by atoms with E-state index in [9.17, 15) is 9.59 Å². The zero-order chi connectivity index (χ0) is 22.8. The van der Waals surface area contributed by atoms with Gasteiger partial charge >= 0.3 is 5.97 Å². The molecule has 0 aliphatic carbocycles. The molecule has 0 saturated carbocycles. The Labute approximate surface area is 191 Å². The van der Waals surface area contributed by atoms with Crippen molar-refractivity contribution in [3.8, 4) is 11.1 Å². The van der Waals surface area contributed by atoms with E-state index in [4.69, 9.17) is 4.74 Å². The minimum atomic E-state index is -0.328. The van der Waals surface area contributed by atoms with Crippen LogP contribution >= 0.6 is 11.3 Å². The Hall–Kier alpha value is -3.25. The highest BCUT2D eigenvalue weighted by atomic mass is 32.1. The van der Waals surface area contributed by atoms with Gasteiger partial charge in [-0.2, -0.15) is 0 Å². The van der Waals surface area contributed by atoms with Crippen LogP contribution < -0.4 is 5.56 Å². The molecule has 5 nitrogen and oxygen atoms in total. The van der Waals surface area contributed by atoms with Crippen molar-refractivity contribution in [1.82, 2.24) is 9.55 Å². The van der Waals surface area contributed by atoms with E-state index in [0.717, 1.165) is 32.8 Å². The first-order valence-electron chi connectivity index (χ1n) is 10.7. The molecular weight excluding hydrogens is 420 g/mol. The lowest BCUT2D eigenvalue weighted by Gasteiger charge is -2.09. The first kappa shape index (κ1) is 22.0. The Morgan fingerprint density at radius 1 is 1.06 bits per heavy atom. The molecule has 0 amide bonds. The predicted octanol–water partition coefficient (Wildman–Crippen LogP) is 5.67. The summed E-state index contributed by atoms with van der Waals surface area (Å²) < 4.78 is 6.80. The van der Waals surface area contributed by atoms with E-state index in [1.165, 1.54) is 11.1 Å². The van der Waals surface area contributed by atoms with Crippen LogP contribution in [0.3, 0.4) is 0 Å². The van der Waals surface area contributed by atoms with Gasteiger partial charge in [0.25, 0.3) is 5.56 Å². The summed E-state index contributed by atoms with van der Waals surface area (Å²) in [5, 5.41) is 0.665. The van der Waals surface area contributed by atoms with Crippen LogP contribution in [0.5, 0.6) is 0 Å². The molecule has 2 aromatic carbocycles. The van der Waals surface area contributed by atoms with Gasteiger partial charge in [0.1, 0.15) is 4.83 Å². The predicted molar refractivity (Wildman–Crippen MR) is 130 cm³/mol. The Kier molecular flexibility index (Phi) is 6.24. The van der Waals surface area contributed by atoms with Gasteiger partial charge in [0.05, 0.1) is 30.4 Å². The summed E-state index contributed by atoms with van der Waals surface area (Å²) in [6.07, 6.45) is 2.39. The largest absolute Gasteiger partial charge is 0.462 e. The first-order valence-corrected chi connectivity index (χ1v) is 11.5. The maximum Gasteiger partial charge on any atom is 0.338 e. The number of benzene rings is 2. The van der Waals surface area contributed by atoms with Crippen LogP contribution in [-0.2, 0) is 11.3 Å². The van der Waals surface area contributed by atoms with Gasteiger partial charge in [-0.15, -0.1) is 11.3 Å². The lowest BCUT2D eigenvalue weighted by atomic mass is 9.99. The Morgan fingerprint density at radius 2 is 1.81 bits per heavy atom. The average Bonchev–Trinajstić information content (AvgIpc) is 3.13. The van der Waals surface area contributed by atoms with Crippen LogP contribution in [-0.4, -0.2) is 22.1 Å². The standard InChI is InChI=1S/C26H26N2O3S/c1-5-12-31-26(30)20-10-7-19(8-11-20)14-28-15-27-24-23(25(28)29)22(18(4)32-24)21-9-6-16(2)17(3)13-21/h6-11,13,15H,5,12,14H2,1-4H3. The van der Waals surface area contributed by atoms with Gasteiger partial charge < -0.3 is 4.74 Å². The van der Waals surface area contributed by atoms with Crippen molar-refractivity contribution in [2.45, 2.75) is 40.7 Å². The van der Waals surface area contributed by atoms with E-state index >= 15 is 0 Å². The molecule has 4 rings (SSSR count). The summed E-state index contributed by atoms with van der Waals surface area (Å²) in [4.78, 5) is 31.9. The normalized spacial score (nSPS) is 11.1. The van der Waals surface area contributed by atoms with Gasteiger partial charge in [-0.1, -0.05) is 37.3 Å². The summed E-state index contributed by atoms with van der Waals surface area (Å²) >= 11 is 1.55. The van der Waals surface area contributed by atoms with Crippen LogP contribution in [0.15, 0.2) is 53.6 Å². The number of rotatable bonds is 6.